The number of thioether (sulfide) groups is 1. The van der Waals surface area contributed by atoms with Gasteiger partial charge in [-0.3, -0.25) is 4.79 Å². The van der Waals surface area contributed by atoms with Crippen molar-refractivity contribution in [2.75, 3.05) is 12.8 Å². The molecule has 0 aliphatic rings. The molecule has 0 spiro atoms. The van der Waals surface area contributed by atoms with Crippen LogP contribution in [-0.2, 0) is 11.3 Å². The van der Waals surface area contributed by atoms with Crippen LogP contribution in [0, 0.1) is 0 Å². The molecular weight excluding hydrogens is 400 g/mol. The van der Waals surface area contributed by atoms with E-state index < -0.39 is 0 Å². The molecule has 2 aromatic heterocycles. The van der Waals surface area contributed by atoms with Crippen LogP contribution in [0.2, 0.25) is 0 Å². The number of carbonyl (C=O) groups excluding carboxylic acids is 1. The second-order valence-corrected chi connectivity index (χ2v) is 8.82. The Labute approximate surface area is 178 Å². The zero-order chi connectivity index (χ0) is 20.2. The van der Waals surface area contributed by atoms with E-state index in [4.69, 9.17) is 0 Å². The van der Waals surface area contributed by atoms with E-state index in [1.807, 2.05) is 56.6 Å². The normalized spacial score (nSPS) is 12.2. The molecule has 5 nitrogen and oxygen atoms in total. The van der Waals surface area contributed by atoms with E-state index >= 15 is 0 Å². The molecule has 0 fully saturated rings. The number of amides is 1. The van der Waals surface area contributed by atoms with Gasteiger partial charge in [-0.05, 0) is 24.6 Å². The lowest BCUT2D eigenvalue weighted by Crippen LogP contribution is -2.31. The Balaban J connectivity index is 1.39. The smallest absolute Gasteiger partial charge is 0.233 e. The van der Waals surface area contributed by atoms with Gasteiger partial charge in [0.05, 0.1) is 22.0 Å². The van der Waals surface area contributed by atoms with Crippen molar-refractivity contribution in [1.82, 2.24) is 19.4 Å². The topological polar surface area (TPSA) is 51.0 Å². The van der Waals surface area contributed by atoms with Gasteiger partial charge in [-0.2, -0.15) is 0 Å². The first-order valence-electron chi connectivity index (χ1n) is 9.41. The van der Waals surface area contributed by atoms with Gasteiger partial charge in [0.15, 0.2) is 5.16 Å². The first kappa shape index (κ1) is 19.7. The van der Waals surface area contributed by atoms with Gasteiger partial charge in [0.25, 0.3) is 0 Å². The molecule has 7 heteroatoms. The number of para-hydroxylation sites is 1. The quantitative estimate of drug-likeness (QED) is 0.399. The highest BCUT2D eigenvalue weighted by Crippen LogP contribution is 2.29. The number of rotatable bonds is 7. The summed E-state index contributed by atoms with van der Waals surface area (Å²) < 4.78 is 3.22. The largest absolute Gasteiger partial charge is 0.336 e. The average molecular weight is 423 g/mol. The van der Waals surface area contributed by atoms with Crippen molar-refractivity contribution in [2.45, 2.75) is 24.7 Å². The molecule has 0 saturated carbocycles. The molecule has 4 rings (SSSR count). The van der Waals surface area contributed by atoms with Crippen molar-refractivity contribution in [3.05, 3.63) is 77.6 Å². The molecule has 0 N–H and O–H groups in total. The molecule has 2 heterocycles. The minimum Gasteiger partial charge on any atom is -0.336 e. The number of aromatic nitrogens is 3. The predicted molar refractivity (Wildman–Crippen MR) is 119 cm³/mol. The number of hydrogen-bond donors (Lipinski definition) is 0. The maximum absolute atomic E-state index is 12.8. The Hall–Kier alpha value is -2.64. The number of thiazole rings is 1. The predicted octanol–water partition coefficient (Wildman–Crippen LogP) is 4.85. The van der Waals surface area contributed by atoms with Crippen LogP contribution in [0.25, 0.3) is 10.2 Å². The zero-order valence-electron chi connectivity index (χ0n) is 16.4. The number of benzene rings is 2. The van der Waals surface area contributed by atoms with Crippen molar-refractivity contribution in [3.63, 3.8) is 0 Å². The van der Waals surface area contributed by atoms with Crippen LogP contribution in [0.5, 0.6) is 0 Å². The Morgan fingerprint density at radius 2 is 1.93 bits per heavy atom. The third-order valence-electron chi connectivity index (χ3n) is 4.84. The van der Waals surface area contributed by atoms with Gasteiger partial charge in [-0.15, -0.1) is 11.3 Å². The lowest BCUT2D eigenvalue weighted by Gasteiger charge is -2.23. The van der Waals surface area contributed by atoms with Gasteiger partial charge < -0.3 is 9.47 Å². The lowest BCUT2D eigenvalue weighted by atomic mass is 10.2. The molecule has 4 aromatic rings. The van der Waals surface area contributed by atoms with E-state index in [-0.39, 0.29) is 11.9 Å². The van der Waals surface area contributed by atoms with Crippen LogP contribution in [-0.4, -0.2) is 38.1 Å². The summed E-state index contributed by atoms with van der Waals surface area (Å²) in [7, 11) is 1.84. The molecule has 0 radical (unpaired) electrons. The highest BCUT2D eigenvalue weighted by atomic mass is 32.2. The van der Waals surface area contributed by atoms with Crippen molar-refractivity contribution >= 4 is 39.2 Å². The fraction of sp³-hybridized carbons (Fsp3) is 0.227. The van der Waals surface area contributed by atoms with Crippen molar-refractivity contribution in [3.8, 4) is 0 Å². The maximum atomic E-state index is 12.8. The van der Waals surface area contributed by atoms with E-state index in [1.165, 1.54) is 17.3 Å². The van der Waals surface area contributed by atoms with Crippen molar-refractivity contribution < 1.29 is 4.79 Å². The third kappa shape index (κ3) is 4.52. The molecule has 29 heavy (non-hydrogen) atoms. The van der Waals surface area contributed by atoms with Gasteiger partial charge in [0.2, 0.25) is 5.91 Å². The van der Waals surface area contributed by atoms with Gasteiger partial charge in [0.1, 0.15) is 5.01 Å². The average Bonchev–Trinajstić information content (AvgIpc) is 3.38. The van der Waals surface area contributed by atoms with Gasteiger partial charge in [-0.1, -0.05) is 54.2 Å². The van der Waals surface area contributed by atoms with Crippen LogP contribution in [0.1, 0.15) is 23.5 Å². The summed E-state index contributed by atoms with van der Waals surface area (Å²) in [6.45, 7) is 2.77. The summed E-state index contributed by atoms with van der Waals surface area (Å²) in [5, 5.41) is 1.81. The Kier molecular flexibility index (Phi) is 5.97. The SMILES string of the molecule is C[C@@H](c1nc2ccccc2s1)N(C)C(=O)CSc1nccn1Cc1ccccc1. The van der Waals surface area contributed by atoms with E-state index in [1.54, 1.807) is 22.4 Å². The highest BCUT2D eigenvalue weighted by Gasteiger charge is 2.21. The van der Waals surface area contributed by atoms with E-state index in [9.17, 15) is 4.79 Å². The monoisotopic (exact) mass is 422 g/mol. The molecule has 0 bridgehead atoms. The standard InChI is InChI=1S/C22H22N4OS2/c1-16(21-24-18-10-6-7-11-19(18)29-21)25(2)20(27)15-28-22-23-12-13-26(22)14-17-8-4-3-5-9-17/h3-13,16H,14-15H2,1-2H3/t16-/m0/s1. The van der Waals surface area contributed by atoms with Crippen molar-refractivity contribution in [2.24, 2.45) is 0 Å². The van der Waals surface area contributed by atoms with Gasteiger partial charge in [-0.25, -0.2) is 9.97 Å². The molecule has 0 aliphatic heterocycles. The van der Waals surface area contributed by atoms with E-state index in [0.717, 1.165) is 26.9 Å². The molecule has 1 atom stereocenters. The van der Waals surface area contributed by atoms with Crippen LogP contribution in [0.4, 0.5) is 0 Å². The summed E-state index contributed by atoms with van der Waals surface area (Å²) in [6.07, 6.45) is 3.73. The Bertz CT molecular complexity index is 1070. The number of nitrogens with zero attached hydrogens (tertiary/aromatic N) is 4. The molecule has 0 aliphatic carbocycles. The van der Waals surface area contributed by atoms with Crippen LogP contribution >= 0.6 is 23.1 Å². The minimum atomic E-state index is -0.0652. The van der Waals surface area contributed by atoms with Crippen LogP contribution in [0.3, 0.4) is 0 Å². The Morgan fingerprint density at radius 1 is 1.17 bits per heavy atom. The molecule has 0 unspecified atom stereocenters. The van der Waals surface area contributed by atoms with Gasteiger partial charge >= 0.3 is 0 Å². The minimum absolute atomic E-state index is 0.0652. The lowest BCUT2D eigenvalue weighted by molar-refractivity contribution is -0.128. The molecule has 1 amide bonds. The summed E-state index contributed by atoms with van der Waals surface area (Å²) in [5.41, 5.74) is 2.19. The first-order chi connectivity index (χ1) is 14.1. The first-order valence-corrected chi connectivity index (χ1v) is 11.2. The maximum Gasteiger partial charge on any atom is 0.233 e. The third-order valence-corrected chi connectivity index (χ3v) is 7.04. The molecule has 0 saturated heterocycles. The highest BCUT2D eigenvalue weighted by molar-refractivity contribution is 7.99. The zero-order valence-corrected chi connectivity index (χ0v) is 18.0. The summed E-state index contributed by atoms with van der Waals surface area (Å²) in [5.74, 6) is 0.411. The van der Waals surface area contributed by atoms with Crippen molar-refractivity contribution in [1.29, 1.82) is 0 Å². The molecular formula is C22H22N4OS2. The fourth-order valence-electron chi connectivity index (χ4n) is 3.01. The fourth-order valence-corrected chi connectivity index (χ4v) is 4.96. The Morgan fingerprint density at radius 3 is 2.72 bits per heavy atom. The van der Waals surface area contributed by atoms with E-state index in [2.05, 4.69) is 32.7 Å². The number of imidazole rings is 1. The summed E-state index contributed by atoms with van der Waals surface area (Å²) in [6, 6.07) is 18.2. The molecule has 148 valence electrons. The van der Waals surface area contributed by atoms with E-state index in [0.29, 0.717) is 5.75 Å². The van der Waals surface area contributed by atoms with Crippen LogP contribution < -0.4 is 0 Å². The number of carbonyl (C=O) groups is 1. The number of fused-ring (bicyclic) bond motifs is 1. The summed E-state index contributed by atoms with van der Waals surface area (Å²) in [4.78, 5) is 23.7. The second-order valence-electron chi connectivity index (χ2n) is 6.81. The molecule has 2 aromatic carbocycles. The van der Waals surface area contributed by atoms with Gasteiger partial charge in [0, 0.05) is 26.0 Å². The summed E-state index contributed by atoms with van der Waals surface area (Å²) >= 11 is 3.11. The van der Waals surface area contributed by atoms with Crippen LogP contribution in [0.15, 0.2) is 72.1 Å². The number of hydrogen-bond acceptors (Lipinski definition) is 5. The second kappa shape index (κ2) is 8.80.